The molecule has 0 unspecified atom stereocenters. The number of carboxylic acid groups (broad SMARTS) is 1. The maximum absolute atomic E-state index is 10.5. The molecular weight excluding hydrogens is 418 g/mol. The van der Waals surface area contributed by atoms with Crippen LogP contribution in [-0.2, 0) is 27.1 Å². The highest BCUT2D eigenvalue weighted by molar-refractivity contribution is 5.66. The van der Waals surface area contributed by atoms with Crippen molar-refractivity contribution < 1.29 is 19.4 Å². The Morgan fingerprint density at radius 3 is 2.64 bits per heavy atom. The molecule has 1 spiro atoms. The maximum Gasteiger partial charge on any atom is 0.305 e. The number of aromatic nitrogens is 1. The summed E-state index contributed by atoms with van der Waals surface area (Å²) in [6.07, 6.45) is 5.88. The molecule has 0 saturated carbocycles. The lowest BCUT2D eigenvalue weighted by atomic mass is 9.89. The van der Waals surface area contributed by atoms with Gasteiger partial charge >= 0.3 is 5.97 Å². The molecule has 2 fully saturated rings. The molecular formula is C26H35N3O4. The van der Waals surface area contributed by atoms with Crippen LogP contribution in [0.1, 0.15) is 30.4 Å². The van der Waals surface area contributed by atoms with Gasteiger partial charge in [-0.3, -0.25) is 4.79 Å². The topological polar surface area (TPSA) is 75.1 Å². The van der Waals surface area contributed by atoms with Gasteiger partial charge in [-0.05, 0) is 48.9 Å². The number of ether oxygens (including phenoxy) is 2. The van der Waals surface area contributed by atoms with Crippen LogP contribution in [0.25, 0.3) is 0 Å². The summed E-state index contributed by atoms with van der Waals surface area (Å²) in [4.78, 5) is 20.0. The number of hydrogen-bond acceptors (Lipinski definition) is 6. The smallest absolute Gasteiger partial charge is 0.305 e. The summed E-state index contributed by atoms with van der Waals surface area (Å²) in [6, 6.07) is 14.8. The van der Waals surface area contributed by atoms with Crippen molar-refractivity contribution in [1.29, 1.82) is 0 Å². The number of morpholine rings is 1. The summed E-state index contributed by atoms with van der Waals surface area (Å²) in [5.74, 6) is 0.232. The maximum atomic E-state index is 10.5. The molecule has 33 heavy (non-hydrogen) atoms. The third-order valence-electron chi connectivity index (χ3n) is 6.69. The minimum atomic E-state index is -0.818. The molecule has 2 saturated heterocycles. The number of benzene rings is 1. The minimum absolute atomic E-state index is 0.0488. The van der Waals surface area contributed by atoms with Crippen molar-refractivity contribution in [2.45, 2.75) is 37.7 Å². The number of likely N-dealkylation sites (tertiary alicyclic amines) is 1. The molecule has 4 rings (SSSR count). The predicted octanol–water partition coefficient (Wildman–Crippen LogP) is 3.03. The summed E-state index contributed by atoms with van der Waals surface area (Å²) < 4.78 is 11.7. The quantitative estimate of drug-likeness (QED) is 0.554. The van der Waals surface area contributed by atoms with Gasteiger partial charge in [0.15, 0.2) is 0 Å². The van der Waals surface area contributed by atoms with Crippen LogP contribution in [0.3, 0.4) is 0 Å². The van der Waals surface area contributed by atoms with Gasteiger partial charge in [0.1, 0.15) is 5.82 Å². The van der Waals surface area contributed by atoms with Crippen LogP contribution in [0.4, 0.5) is 5.82 Å². The highest BCUT2D eigenvalue weighted by Crippen LogP contribution is 2.31. The first-order valence-corrected chi connectivity index (χ1v) is 12.0. The molecule has 1 aromatic carbocycles. The van der Waals surface area contributed by atoms with E-state index in [0.717, 1.165) is 70.8 Å². The third kappa shape index (κ3) is 7.00. The summed E-state index contributed by atoms with van der Waals surface area (Å²) in [6.45, 7) is 6.61. The van der Waals surface area contributed by atoms with Crippen molar-refractivity contribution in [3.63, 3.8) is 0 Å². The van der Waals surface area contributed by atoms with Crippen molar-refractivity contribution in [2.75, 3.05) is 57.4 Å². The van der Waals surface area contributed by atoms with Gasteiger partial charge in [0.2, 0.25) is 0 Å². The van der Waals surface area contributed by atoms with Crippen LogP contribution >= 0.6 is 0 Å². The molecule has 1 N–H and O–H groups in total. The van der Waals surface area contributed by atoms with Crippen molar-refractivity contribution in [3.05, 3.63) is 59.8 Å². The zero-order valence-electron chi connectivity index (χ0n) is 19.3. The fraction of sp³-hybridized carbons (Fsp3) is 0.538. The Morgan fingerprint density at radius 1 is 1.06 bits per heavy atom. The third-order valence-corrected chi connectivity index (χ3v) is 6.69. The van der Waals surface area contributed by atoms with E-state index in [0.29, 0.717) is 6.61 Å². The van der Waals surface area contributed by atoms with Gasteiger partial charge in [-0.1, -0.05) is 30.3 Å². The average Bonchev–Trinajstić information content (AvgIpc) is 2.84. The Labute approximate surface area is 196 Å². The number of piperidine rings is 1. The fourth-order valence-corrected chi connectivity index (χ4v) is 4.75. The zero-order chi connectivity index (χ0) is 22.9. The molecule has 0 amide bonds. The van der Waals surface area contributed by atoms with Gasteiger partial charge in [-0.25, -0.2) is 4.98 Å². The molecule has 178 valence electrons. The van der Waals surface area contributed by atoms with E-state index in [-0.39, 0.29) is 18.6 Å². The number of carbonyl (C=O) groups is 1. The Kier molecular flexibility index (Phi) is 8.31. The monoisotopic (exact) mass is 453 g/mol. The number of rotatable bonds is 10. The van der Waals surface area contributed by atoms with Gasteiger partial charge < -0.3 is 24.4 Å². The second-order valence-corrected chi connectivity index (χ2v) is 9.06. The summed E-state index contributed by atoms with van der Waals surface area (Å²) in [7, 11) is 0. The first-order valence-electron chi connectivity index (χ1n) is 12.0. The molecule has 0 bridgehead atoms. The average molecular weight is 454 g/mol. The highest BCUT2D eigenvalue weighted by atomic mass is 16.5. The van der Waals surface area contributed by atoms with E-state index < -0.39 is 5.97 Å². The number of nitrogens with zero attached hydrogens (tertiary/aromatic N) is 3. The lowest BCUT2D eigenvalue weighted by Crippen LogP contribution is -2.57. The normalized spacial score (nSPS) is 18.5. The second kappa shape index (κ2) is 11.6. The Morgan fingerprint density at radius 2 is 1.88 bits per heavy atom. The van der Waals surface area contributed by atoms with E-state index in [2.05, 4.69) is 51.2 Å². The first-order chi connectivity index (χ1) is 16.1. The highest BCUT2D eigenvalue weighted by Gasteiger charge is 2.39. The predicted molar refractivity (Wildman–Crippen MR) is 128 cm³/mol. The van der Waals surface area contributed by atoms with Crippen LogP contribution in [0.2, 0.25) is 0 Å². The fourth-order valence-electron chi connectivity index (χ4n) is 4.75. The Balaban J connectivity index is 1.20. The minimum Gasteiger partial charge on any atom is -0.481 e. The van der Waals surface area contributed by atoms with Crippen molar-refractivity contribution in [3.8, 4) is 0 Å². The van der Waals surface area contributed by atoms with Gasteiger partial charge in [0, 0.05) is 38.9 Å². The number of aliphatic carboxylic acids is 1. The number of hydrogen-bond donors (Lipinski definition) is 1. The van der Waals surface area contributed by atoms with Crippen molar-refractivity contribution in [2.24, 2.45) is 0 Å². The molecule has 7 nitrogen and oxygen atoms in total. The van der Waals surface area contributed by atoms with Gasteiger partial charge in [0.05, 0.1) is 31.8 Å². The van der Waals surface area contributed by atoms with Gasteiger partial charge in [-0.2, -0.15) is 0 Å². The Bertz CT molecular complexity index is 884. The standard InChI is InChI=1S/C26H35N3O4/c30-25(31)9-18-32-17-8-23-5-3-4-22(20-23)7-13-28-14-10-26(11-15-28)21-29(16-19-33-26)24-6-1-2-12-27-24/h1-6,12,20H,7-11,13-19,21H2,(H,30,31). The van der Waals surface area contributed by atoms with Crippen LogP contribution in [0, 0.1) is 0 Å². The second-order valence-electron chi connectivity index (χ2n) is 9.06. The first kappa shape index (κ1) is 23.7. The van der Waals surface area contributed by atoms with Gasteiger partial charge in [-0.15, -0.1) is 0 Å². The van der Waals surface area contributed by atoms with E-state index in [9.17, 15) is 4.79 Å². The SMILES string of the molecule is O=C(O)CCOCCc1cccc(CCN2CCC3(CC2)CN(c2ccccn2)CCO3)c1. The lowest BCUT2D eigenvalue weighted by Gasteiger charge is -2.47. The number of pyridine rings is 1. The molecule has 1 aromatic heterocycles. The van der Waals surface area contributed by atoms with E-state index >= 15 is 0 Å². The molecule has 2 aliphatic rings. The van der Waals surface area contributed by atoms with Crippen molar-refractivity contribution >= 4 is 11.8 Å². The van der Waals surface area contributed by atoms with Crippen LogP contribution in [0.15, 0.2) is 48.7 Å². The Hall–Kier alpha value is -2.48. The van der Waals surface area contributed by atoms with E-state index in [4.69, 9.17) is 14.6 Å². The van der Waals surface area contributed by atoms with Crippen LogP contribution in [0.5, 0.6) is 0 Å². The molecule has 7 heteroatoms. The van der Waals surface area contributed by atoms with Crippen LogP contribution < -0.4 is 4.90 Å². The van der Waals surface area contributed by atoms with E-state index in [1.807, 2.05) is 12.3 Å². The molecule has 0 radical (unpaired) electrons. The van der Waals surface area contributed by atoms with Crippen LogP contribution in [-0.4, -0.2) is 79.1 Å². The van der Waals surface area contributed by atoms with E-state index in [1.54, 1.807) is 0 Å². The van der Waals surface area contributed by atoms with Gasteiger partial charge in [0.25, 0.3) is 0 Å². The number of carboxylic acids is 1. The molecule has 2 aliphatic heterocycles. The molecule has 0 aliphatic carbocycles. The molecule has 0 atom stereocenters. The largest absolute Gasteiger partial charge is 0.481 e. The summed E-state index contributed by atoms with van der Waals surface area (Å²) in [5.41, 5.74) is 2.53. The lowest BCUT2D eigenvalue weighted by molar-refractivity contribution is -0.138. The van der Waals surface area contributed by atoms with Crippen molar-refractivity contribution in [1.82, 2.24) is 9.88 Å². The molecule has 2 aromatic rings. The zero-order valence-corrected chi connectivity index (χ0v) is 19.3. The molecule has 3 heterocycles. The summed E-state index contributed by atoms with van der Waals surface area (Å²) in [5, 5.41) is 8.67. The van der Waals surface area contributed by atoms with E-state index in [1.165, 1.54) is 11.1 Å². The number of anilines is 1. The summed E-state index contributed by atoms with van der Waals surface area (Å²) >= 11 is 0.